The van der Waals surface area contributed by atoms with Gasteiger partial charge in [-0.05, 0) is 32.9 Å². The summed E-state index contributed by atoms with van der Waals surface area (Å²) in [6, 6.07) is 4.99. The first-order valence-electron chi connectivity index (χ1n) is 7.54. The number of aromatic hydroxyl groups is 1. The molecular weight excluding hydrogens is 326 g/mol. The van der Waals surface area contributed by atoms with Gasteiger partial charge in [0.1, 0.15) is 22.7 Å². The number of methoxy groups -OCH3 is 2. The number of benzene rings is 1. The van der Waals surface area contributed by atoms with Crippen LogP contribution in [0.15, 0.2) is 32.8 Å². The van der Waals surface area contributed by atoms with Crippen molar-refractivity contribution in [2.45, 2.75) is 26.3 Å². The molecule has 0 bridgehead atoms. The Hall–Kier alpha value is -3.03. The Kier molecular flexibility index (Phi) is 5.01. The van der Waals surface area contributed by atoms with Crippen LogP contribution in [0.5, 0.6) is 17.4 Å². The first-order chi connectivity index (χ1) is 11.7. The number of hydrogen-bond donors (Lipinski definition) is 2. The number of H-pyrrole nitrogens is 1. The molecule has 0 saturated carbocycles. The molecule has 0 aliphatic rings. The maximum atomic E-state index is 12.0. The van der Waals surface area contributed by atoms with Gasteiger partial charge in [0.25, 0.3) is 5.56 Å². The van der Waals surface area contributed by atoms with Gasteiger partial charge >= 0.3 is 5.69 Å². The largest absolute Gasteiger partial charge is 0.497 e. The van der Waals surface area contributed by atoms with E-state index in [2.05, 4.69) is 9.98 Å². The summed E-state index contributed by atoms with van der Waals surface area (Å²) in [7, 11) is 3.02. The van der Waals surface area contributed by atoms with Crippen molar-refractivity contribution in [3.8, 4) is 17.4 Å². The van der Waals surface area contributed by atoms with E-state index in [9.17, 15) is 14.7 Å². The summed E-state index contributed by atoms with van der Waals surface area (Å²) in [5.41, 5.74) is -1.80. The highest BCUT2D eigenvalue weighted by atomic mass is 16.5. The van der Waals surface area contributed by atoms with E-state index in [0.29, 0.717) is 17.2 Å². The van der Waals surface area contributed by atoms with Crippen molar-refractivity contribution >= 4 is 11.9 Å². The molecule has 0 saturated heterocycles. The number of hydrogen-bond acceptors (Lipinski definition) is 6. The summed E-state index contributed by atoms with van der Waals surface area (Å²) in [5.74, 6) is 0.589. The van der Waals surface area contributed by atoms with Gasteiger partial charge in [0.2, 0.25) is 5.88 Å². The lowest BCUT2D eigenvalue weighted by Crippen LogP contribution is -2.40. The maximum Gasteiger partial charge on any atom is 0.331 e. The molecule has 0 spiro atoms. The first kappa shape index (κ1) is 18.3. The van der Waals surface area contributed by atoms with Crippen LogP contribution in [0, 0.1) is 0 Å². The second-order valence-electron chi connectivity index (χ2n) is 6.30. The Morgan fingerprint density at radius 2 is 1.88 bits per heavy atom. The quantitative estimate of drug-likeness (QED) is 0.820. The topological polar surface area (TPSA) is 106 Å². The normalized spacial score (nSPS) is 11.7. The molecule has 0 fully saturated rings. The predicted molar refractivity (Wildman–Crippen MR) is 94.8 cm³/mol. The SMILES string of the molecule is COc1ccc(N=Cc2c(O)n(C(C)(C)C)c(=O)[nH]c2=O)c(OC)c1. The zero-order valence-corrected chi connectivity index (χ0v) is 14.8. The van der Waals surface area contributed by atoms with Gasteiger partial charge in [-0.2, -0.15) is 0 Å². The second kappa shape index (κ2) is 6.84. The molecule has 0 unspecified atom stereocenters. The highest BCUT2D eigenvalue weighted by molar-refractivity contribution is 5.84. The molecule has 1 aromatic heterocycles. The summed E-state index contributed by atoms with van der Waals surface area (Å²) < 4.78 is 11.4. The third-order valence-corrected chi connectivity index (χ3v) is 3.51. The van der Waals surface area contributed by atoms with Crippen LogP contribution in [-0.4, -0.2) is 35.1 Å². The van der Waals surface area contributed by atoms with Gasteiger partial charge in [0, 0.05) is 17.8 Å². The average molecular weight is 347 g/mol. The number of aliphatic imine (C=N–C) groups is 1. The Labute approximate surface area is 144 Å². The number of nitrogens with one attached hydrogen (secondary N) is 1. The molecule has 1 aromatic carbocycles. The minimum atomic E-state index is -0.723. The molecule has 0 amide bonds. The number of ether oxygens (including phenoxy) is 2. The molecule has 8 nitrogen and oxygen atoms in total. The lowest BCUT2D eigenvalue weighted by atomic mass is 10.1. The van der Waals surface area contributed by atoms with Gasteiger partial charge in [0.05, 0.1) is 14.2 Å². The highest BCUT2D eigenvalue weighted by Crippen LogP contribution is 2.31. The van der Waals surface area contributed by atoms with Crippen molar-refractivity contribution in [2.24, 2.45) is 4.99 Å². The molecule has 0 radical (unpaired) electrons. The standard InChI is InChI=1S/C17H21N3O5/c1-17(2,3)20-15(22)11(14(21)19-16(20)23)9-18-12-7-6-10(24-4)8-13(12)25-5/h6-9,22H,1-5H3,(H,19,21,23). The van der Waals surface area contributed by atoms with Crippen LogP contribution in [0.1, 0.15) is 26.3 Å². The van der Waals surface area contributed by atoms with E-state index in [1.165, 1.54) is 20.4 Å². The van der Waals surface area contributed by atoms with Gasteiger partial charge in [0.15, 0.2) is 0 Å². The van der Waals surface area contributed by atoms with Gasteiger partial charge < -0.3 is 14.6 Å². The van der Waals surface area contributed by atoms with E-state index in [-0.39, 0.29) is 5.56 Å². The maximum absolute atomic E-state index is 12.0. The number of nitrogens with zero attached hydrogens (tertiary/aromatic N) is 2. The molecule has 0 aliphatic carbocycles. The van der Waals surface area contributed by atoms with Crippen molar-refractivity contribution in [3.05, 3.63) is 44.6 Å². The van der Waals surface area contributed by atoms with Crippen LogP contribution in [0.2, 0.25) is 0 Å². The van der Waals surface area contributed by atoms with Crippen molar-refractivity contribution in [2.75, 3.05) is 14.2 Å². The monoisotopic (exact) mass is 347 g/mol. The third-order valence-electron chi connectivity index (χ3n) is 3.51. The predicted octanol–water partition coefficient (Wildman–Crippen LogP) is 1.76. The smallest absolute Gasteiger partial charge is 0.331 e. The van der Waals surface area contributed by atoms with Crippen molar-refractivity contribution in [1.29, 1.82) is 0 Å². The molecule has 25 heavy (non-hydrogen) atoms. The minimum Gasteiger partial charge on any atom is -0.497 e. The van der Waals surface area contributed by atoms with E-state index in [0.717, 1.165) is 4.57 Å². The highest BCUT2D eigenvalue weighted by Gasteiger charge is 2.22. The molecule has 0 atom stereocenters. The number of aromatic amines is 1. The average Bonchev–Trinajstić information content (AvgIpc) is 2.52. The summed E-state index contributed by atoms with van der Waals surface area (Å²) in [4.78, 5) is 30.4. The lowest BCUT2D eigenvalue weighted by Gasteiger charge is -2.23. The fourth-order valence-corrected chi connectivity index (χ4v) is 2.30. The Morgan fingerprint density at radius 3 is 2.44 bits per heavy atom. The summed E-state index contributed by atoms with van der Waals surface area (Å²) in [5, 5.41) is 10.4. The molecule has 2 rings (SSSR count). The molecule has 1 heterocycles. The van der Waals surface area contributed by atoms with E-state index >= 15 is 0 Å². The minimum absolute atomic E-state index is 0.118. The van der Waals surface area contributed by atoms with Crippen LogP contribution in [-0.2, 0) is 5.54 Å². The zero-order valence-electron chi connectivity index (χ0n) is 14.8. The Morgan fingerprint density at radius 1 is 1.20 bits per heavy atom. The second-order valence-corrected chi connectivity index (χ2v) is 6.30. The molecular formula is C17H21N3O5. The van der Waals surface area contributed by atoms with Crippen LogP contribution in [0.3, 0.4) is 0 Å². The van der Waals surface area contributed by atoms with E-state index in [1.807, 2.05) is 0 Å². The molecule has 8 heteroatoms. The molecule has 2 N–H and O–H groups in total. The van der Waals surface area contributed by atoms with Crippen LogP contribution >= 0.6 is 0 Å². The fourth-order valence-electron chi connectivity index (χ4n) is 2.30. The van der Waals surface area contributed by atoms with E-state index in [4.69, 9.17) is 9.47 Å². The van der Waals surface area contributed by atoms with E-state index < -0.39 is 22.7 Å². The van der Waals surface area contributed by atoms with Gasteiger partial charge in [-0.25, -0.2) is 4.79 Å². The number of rotatable bonds is 4. The van der Waals surface area contributed by atoms with Crippen LogP contribution in [0.25, 0.3) is 0 Å². The Balaban J connectivity index is 2.56. The molecule has 2 aromatic rings. The first-order valence-corrected chi connectivity index (χ1v) is 7.54. The van der Waals surface area contributed by atoms with Gasteiger partial charge in [-0.1, -0.05) is 0 Å². The van der Waals surface area contributed by atoms with Gasteiger partial charge in [-0.3, -0.25) is 19.3 Å². The molecule has 0 aliphatic heterocycles. The number of aromatic nitrogens is 2. The van der Waals surface area contributed by atoms with Crippen LogP contribution < -0.4 is 20.7 Å². The summed E-state index contributed by atoms with van der Waals surface area (Å²) in [6.45, 7) is 5.21. The fraction of sp³-hybridized carbons (Fsp3) is 0.353. The van der Waals surface area contributed by atoms with Gasteiger partial charge in [-0.15, -0.1) is 0 Å². The third kappa shape index (κ3) is 3.73. The zero-order chi connectivity index (χ0) is 18.8. The lowest BCUT2D eigenvalue weighted by molar-refractivity contribution is 0.305. The summed E-state index contributed by atoms with van der Waals surface area (Å²) in [6.07, 6.45) is 1.19. The summed E-state index contributed by atoms with van der Waals surface area (Å²) >= 11 is 0. The van der Waals surface area contributed by atoms with Crippen molar-refractivity contribution in [3.63, 3.8) is 0 Å². The van der Waals surface area contributed by atoms with Crippen molar-refractivity contribution < 1.29 is 14.6 Å². The Bertz CT molecular complexity index is 919. The molecule has 134 valence electrons. The van der Waals surface area contributed by atoms with Crippen LogP contribution in [0.4, 0.5) is 5.69 Å². The van der Waals surface area contributed by atoms with E-state index in [1.54, 1.807) is 39.0 Å². The van der Waals surface area contributed by atoms with Crippen molar-refractivity contribution in [1.82, 2.24) is 9.55 Å².